The Morgan fingerprint density at radius 1 is 0.470 bits per heavy atom. The molecule has 11 aromatic rings. The summed E-state index contributed by atoms with van der Waals surface area (Å²) in [6, 6.07) is 0. The molecule has 8 saturated heterocycles. The molecule has 4 unspecified atom stereocenters. The van der Waals surface area contributed by atoms with Crippen LogP contribution in [0.3, 0.4) is 0 Å². The van der Waals surface area contributed by atoms with E-state index in [1.807, 2.05) is 19.0 Å². The Kier molecular flexibility index (Phi) is 28.7. The zero-order valence-electron chi connectivity index (χ0n) is 72.6. The second-order valence-electron chi connectivity index (χ2n) is 33.2. The van der Waals surface area contributed by atoms with Crippen molar-refractivity contribution in [2.24, 2.45) is 0 Å². The summed E-state index contributed by atoms with van der Waals surface area (Å²) >= 11 is 0. The topological polar surface area (TPSA) is 757 Å². The molecule has 8 aliphatic heterocycles. The maximum atomic E-state index is 14.4. The minimum atomic E-state index is -4.14. The zero-order chi connectivity index (χ0) is 94.3. The molecule has 8 fully saturated rings. The number of methoxy groups -OCH3 is 1. The molecule has 134 heavy (non-hydrogen) atoms. The number of aromatic nitrogens is 22. The van der Waals surface area contributed by atoms with Crippen molar-refractivity contribution in [2.75, 3.05) is 129 Å². The van der Waals surface area contributed by atoms with Gasteiger partial charge in [-0.1, -0.05) is 0 Å². The largest absolute Gasteiger partial charge is 0.408 e. The van der Waals surface area contributed by atoms with Crippen molar-refractivity contribution < 1.29 is 105 Å². The first kappa shape index (κ1) is 95.5. The lowest BCUT2D eigenvalue weighted by molar-refractivity contribution is -0.0597. The summed E-state index contributed by atoms with van der Waals surface area (Å²) in [5.74, 6) is 0.434. The van der Waals surface area contributed by atoms with E-state index >= 15 is 0 Å². The van der Waals surface area contributed by atoms with Crippen molar-refractivity contribution in [3.63, 3.8) is 0 Å². The Bertz CT molecular complexity index is 6410. The molecule has 0 radical (unpaired) electrons. The summed E-state index contributed by atoms with van der Waals surface area (Å²) in [4.78, 5) is 111. The van der Waals surface area contributed by atoms with Crippen LogP contribution in [0, 0.1) is 6.92 Å². The standard InChI is InChI=1S/C26H39N12O9P.C24H32N11O8P.C24H33N8O9P/c1-36(2)6-4-5-33-48(42,47-13-7-16(45-14(13)8-39)37-11-32-18-23(37)34-26(28)35-24(18)41)44-9-15-19(40)20(43-3)25(46-15)38-12-31-17-21(27)29-10-30-22(17)38;25-20-18-21(28-9-27-20)34(10-29-18)17-6-13(14(7-36)41-17)43-44(39,33-3-1-2-4-33)40-8-15-12(37)5-16(42-15)35-11-30-19-22(35)31-24(26)32-23(19)38;1-13-8-31(24(36)29-23(13)35)18-6-14(34)17(40-18)10-38-42(37,30-4-2-3-5-30)41-15-7-19(39-16(15)9-33)32-12-28-20-21(25)26-11-27-22(20)32/h10-16,19-20,25,39-40H,4-9H2,1-3H3,(H,33,42)(H2,27,29,30)(H3,28,34,35,41);9-17,36-37H,1-8H2,(H2,25,27,28)(H3,26,31,32,38);8,11-12,14-19,33-34H,2-7,9-10H2,1H3,(H2,25,26,27)(H,29,35,36)/t13-,14-,15-,16-,19+,20?,25-,48?;12-,13-,14-,15-,16-,17-,44?;14-,15-,16-,17-,18-,19-,42?/m111/s1. The average Bonchev–Trinajstić information content (AvgIpc) is 1.63. The van der Waals surface area contributed by atoms with Gasteiger partial charge in [-0.25, -0.2) is 87.7 Å². The van der Waals surface area contributed by atoms with E-state index in [9.17, 15) is 63.5 Å². The van der Waals surface area contributed by atoms with Crippen LogP contribution in [0.2, 0.25) is 0 Å². The lowest BCUT2D eigenvalue weighted by Crippen LogP contribution is -2.36. The van der Waals surface area contributed by atoms with Gasteiger partial charge in [0.05, 0.1) is 83.5 Å². The van der Waals surface area contributed by atoms with Crippen LogP contribution < -0.4 is 56.1 Å². The molecule has 726 valence electrons. The second-order valence-corrected chi connectivity index (χ2v) is 38.9. The van der Waals surface area contributed by atoms with Crippen LogP contribution in [0.1, 0.15) is 107 Å². The van der Waals surface area contributed by atoms with Crippen LogP contribution in [-0.2, 0) is 74.0 Å². The minimum Gasteiger partial charge on any atom is -0.394 e. The molecule has 0 amide bonds. The summed E-state index contributed by atoms with van der Waals surface area (Å²) in [5.41, 5.74) is 30.3. The molecule has 19 rings (SSSR count). The van der Waals surface area contributed by atoms with Gasteiger partial charge < -0.3 is 97.4 Å². The third kappa shape index (κ3) is 19.8. The van der Waals surface area contributed by atoms with E-state index in [1.165, 1.54) is 77.6 Å². The molecule has 57 nitrogen and oxygen atoms in total. The fraction of sp³-hybridized carbons (Fsp3) is 0.608. The highest BCUT2D eigenvalue weighted by atomic mass is 31.2. The third-order valence-corrected chi connectivity index (χ3v) is 29.9. The monoisotopic (exact) mass is 1940 g/mol. The van der Waals surface area contributed by atoms with Gasteiger partial charge in [0.2, 0.25) is 11.9 Å². The van der Waals surface area contributed by atoms with E-state index in [0.29, 0.717) is 78.2 Å². The second kappa shape index (κ2) is 40.2. The van der Waals surface area contributed by atoms with Crippen LogP contribution in [0.4, 0.5) is 29.4 Å². The lowest BCUT2D eigenvalue weighted by atomic mass is 10.1. The zero-order valence-corrected chi connectivity index (χ0v) is 75.3. The van der Waals surface area contributed by atoms with E-state index in [-0.39, 0.29) is 110 Å². The van der Waals surface area contributed by atoms with Gasteiger partial charge in [0.1, 0.15) is 134 Å². The Balaban J connectivity index is 0.000000140. The number of rotatable bonds is 32. The van der Waals surface area contributed by atoms with Crippen molar-refractivity contribution in [3.8, 4) is 0 Å². The molecule has 0 bridgehead atoms. The molecule has 0 spiro atoms. The average molecular weight is 1940 g/mol. The lowest BCUT2D eigenvalue weighted by Gasteiger charge is -2.31. The number of nitrogens with zero attached hydrogens (tertiary/aromatic N) is 22. The molecule has 0 aliphatic carbocycles. The smallest absolute Gasteiger partial charge is 0.394 e. The minimum absolute atomic E-state index is 0.0525. The predicted octanol–water partition coefficient (Wildman–Crippen LogP) is -1.81. The number of fused-ring (bicyclic) bond motifs is 5. The van der Waals surface area contributed by atoms with E-state index in [4.69, 9.17) is 89.0 Å². The fourth-order valence-electron chi connectivity index (χ4n) is 17.2. The van der Waals surface area contributed by atoms with Crippen molar-refractivity contribution in [2.45, 2.75) is 188 Å². The van der Waals surface area contributed by atoms with Gasteiger partial charge in [0.15, 0.2) is 63.0 Å². The third-order valence-electron chi connectivity index (χ3n) is 24.1. The van der Waals surface area contributed by atoms with E-state index in [2.05, 4.69) is 84.8 Å². The van der Waals surface area contributed by atoms with Crippen LogP contribution in [-0.4, -0.2) is 331 Å². The number of nitrogens with two attached hydrogens (primary N) is 5. The molecule has 60 heteroatoms. The molecule has 0 saturated carbocycles. The van der Waals surface area contributed by atoms with E-state index < -0.39 is 182 Å². The number of H-pyrrole nitrogens is 3. The van der Waals surface area contributed by atoms with Gasteiger partial charge in [-0.15, -0.1) is 0 Å². The molecule has 20 N–H and O–H groups in total. The fourth-order valence-corrected chi connectivity index (χ4v) is 22.8. The molecule has 19 heterocycles. The van der Waals surface area contributed by atoms with E-state index in [0.717, 1.165) is 25.7 Å². The van der Waals surface area contributed by atoms with Gasteiger partial charge >= 0.3 is 28.9 Å². The molecule has 0 aromatic carbocycles. The molecular formula is C74H104N31O26P3. The highest BCUT2D eigenvalue weighted by Crippen LogP contribution is 2.59. The highest BCUT2D eigenvalue weighted by Gasteiger charge is 2.52. The first-order valence-corrected chi connectivity index (χ1v) is 47.5. The molecular weight excluding hydrogens is 1830 g/mol. The van der Waals surface area contributed by atoms with Crippen LogP contribution in [0.5, 0.6) is 0 Å². The highest BCUT2D eigenvalue weighted by molar-refractivity contribution is 7.52. The Hall–Kier alpha value is -10.2. The predicted molar refractivity (Wildman–Crippen MR) is 465 cm³/mol. The number of aromatic amines is 3. The van der Waals surface area contributed by atoms with Crippen molar-refractivity contribution in [1.29, 1.82) is 0 Å². The molecule has 22 atom stereocenters. The number of hydrogen-bond acceptors (Lipinski definition) is 45. The summed E-state index contributed by atoms with van der Waals surface area (Å²) in [5, 5.41) is 66.0. The Labute approximate surface area is 757 Å². The molecule has 8 aliphatic rings. The number of imidazole rings is 5. The summed E-state index contributed by atoms with van der Waals surface area (Å²) in [6.45, 7) is 2.26. The van der Waals surface area contributed by atoms with Crippen molar-refractivity contribution in [3.05, 3.63) is 104 Å². The molecule has 11 aromatic heterocycles. The first-order chi connectivity index (χ1) is 64.4. The number of nitrogen functional groups attached to an aromatic ring is 5. The first-order valence-electron chi connectivity index (χ1n) is 43.0. The number of hydrogen-bond donors (Lipinski definition) is 15. The van der Waals surface area contributed by atoms with Crippen LogP contribution in [0.25, 0.3) is 55.8 Å². The van der Waals surface area contributed by atoms with Gasteiger partial charge in [0.25, 0.3) is 16.7 Å². The quantitative estimate of drug-likeness (QED) is 0.0163. The Morgan fingerprint density at radius 3 is 1.29 bits per heavy atom. The van der Waals surface area contributed by atoms with Crippen molar-refractivity contribution >= 4 is 108 Å². The van der Waals surface area contributed by atoms with Crippen LogP contribution >= 0.6 is 23.2 Å². The summed E-state index contributed by atoms with van der Waals surface area (Å²) < 4.78 is 133. The number of nitrogens with one attached hydrogen (secondary N) is 4. The van der Waals surface area contributed by atoms with Crippen LogP contribution in [0.15, 0.2) is 76.0 Å². The van der Waals surface area contributed by atoms with Crippen molar-refractivity contribution in [1.82, 2.24) is 126 Å². The number of anilines is 5. The maximum Gasteiger partial charge on any atom is 0.408 e. The number of aliphatic hydroxyl groups excluding tert-OH is 6. The van der Waals surface area contributed by atoms with Gasteiger partial charge in [0, 0.05) is 83.7 Å². The van der Waals surface area contributed by atoms with Gasteiger partial charge in [-0.05, 0) is 59.7 Å². The summed E-state index contributed by atoms with van der Waals surface area (Å²) in [6.07, 6.45) is 0.536. The number of aliphatic hydroxyl groups is 6. The Morgan fingerprint density at radius 2 is 0.858 bits per heavy atom. The van der Waals surface area contributed by atoms with Gasteiger partial charge in [-0.3, -0.25) is 83.9 Å². The maximum absolute atomic E-state index is 14.4. The summed E-state index contributed by atoms with van der Waals surface area (Å²) in [7, 11) is -6.80. The SMILES string of the molecule is COC1[C@@H](O)[C@@H](COP(=O)(NCCCN(C)C)O[C@@H]2C[C@H](n3cnc4c(=O)[nH]c(N)nc43)O[C@@H]2CO)O[C@H]1n1cnc2c(N)ncnc21.Cc1cn([C@H]2C[C@@H](O)[C@@H](COP(=O)(O[C@@H]3C[C@H](n4cnc5c(N)ncnc54)O[C@@H]3CO)N3CCCC3)O2)c(=O)[nH]c1=O.Nc1nc2c(ncn2[C@H]2C[C@@H](O)[C@@H](COP(=O)(O[C@@H]3C[C@H](n4cnc5c(N)ncnc54)O[C@@H]3CO)N3CCCC3)O2)c(=O)[nH]1. The number of ether oxygens (including phenoxy) is 7. The normalized spacial score (nSPS) is 28.8. The number of aryl methyl sites for hydroxylation is 1. The van der Waals surface area contributed by atoms with E-state index in [1.54, 1.807) is 30.0 Å². The van der Waals surface area contributed by atoms with Gasteiger partial charge in [-0.2, -0.15) is 9.97 Å².